The second-order valence-corrected chi connectivity index (χ2v) is 5.52. The van der Waals surface area contributed by atoms with Crippen molar-refractivity contribution in [1.29, 1.82) is 5.26 Å². The number of nitrogens with one attached hydrogen (secondary N) is 1. The number of hydrogen-bond acceptors (Lipinski definition) is 3. The highest BCUT2D eigenvalue weighted by molar-refractivity contribution is 9.10. The molecule has 0 aliphatic carbocycles. The molecule has 1 N–H and O–H groups in total. The van der Waals surface area contributed by atoms with E-state index in [2.05, 4.69) is 26.1 Å². The summed E-state index contributed by atoms with van der Waals surface area (Å²) in [6, 6.07) is 5.19. The Morgan fingerprint density at radius 3 is 2.74 bits per heavy atom. The van der Waals surface area contributed by atoms with Gasteiger partial charge in [-0.15, -0.1) is 0 Å². The Labute approximate surface area is 121 Å². The van der Waals surface area contributed by atoms with Gasteiger partial charge in [-0.2, -0.15) is 5.26 Å². The fraction of sp³-hybridized carbons (Fsp3) is 0.500. The third-order valence-corrected chi connectivity index (χ3v) is 4.17. The van der Waals surface area contributed by atoms with Gasteiger partial charge >= 0.3 is 0 Å². The highest BCUT2D eigenvalue weighted by atomic mass is 79.9. The van der Waals surface area contributed by atoms with Crippen LogP contribution in [0.15, 0.2) is 16.6 Å². The van der Waals surface area contributed by atoms with E-state index in [-0.39, 0.29) is 4.47 Å². The molecule has 0 spiro atoms. The average Bonchev–Trinajstić information content (AvgIpc) is 2.45. The largest absolute Gasteiger partial charge is 0.381 e. The summed E-state index contributed by atoms with van der Waals surface area (Å²) in [7, 11) is 0. The number of anilines is 1. The second kappa shape index (κ2) is 6.88. The molecule has 1 aromatic carbocycles. The number of nitrogens with zero attached hydrogens (tertiary/aromatic N) is 2. The standard InChI is InChI=1S/C14H17BrFN3/c15-13-11(10-17)4-5-12(14(13)16)18-6-9-19-7-2-1-3-8-19/h4-5,18H,1-3,6-9H2. The Morgan fingerprint density at radius 1 is 1.32 bits per heavy atom. The van der Waals surface area contributed by atoms with Crippen LogP contribution in [0.5, 0.6) is 0 Å². The quantitative estimate of drug-likeness (QED) is 0.922. The van der Waals surface area contributed by atoms with Gasteiger partial charge in [-0.05, 0) is 54.0 Å². The zero-order valence-corrected chi connectivity index (χ0v) is 12.3. The van der Waals surface area contributed by atoms with Crippen LogP contribution in [0.25, 0.3) is 0 Å². The summed E-state index contributed by atoms with van der Waals surface area (Å²) in [5.74, 6) is -0.391. The summed E-state index contributed by atoms with van der Waals surface area (Å²) in [4.78, 5) is 2.40. The summed E-state index contributed by atoms with van der Waals surface area (Å²) in [5.41, 5.74) is 0.766. The molecule has 1 saturated heterocycles. The Morgan fingerprint density at radius 2 is 2.05 bits per heavy atom. The first-order chi connectivity index (χ1) is 9.22. The van der Waals surface area contributed by atoms with Crippen LogP contribution in [-0.4, -0.2) is 31.1 Å². The zero-order chi connectivity index (χ0) is 13.7. The van der Waals surface area contributed by atoms with E-state index in [1.165, 1.54) is 19.3 Å². The molecule has 102 valence electrons. The summed E-state index contributed by atoms with van der Waals surface area (Å²) < 4.78 is 14.2. The Bertz CT molecular complexity index is 478. The molecule has 1 heterocycles. The number of hydrogen-bond donors (Lipinski definition) is 1. The van der Waals surface area contributed by atoms with Crippen molar-refractivity contribution in [2.24, 2.45) is 0 Å². The first-order valence-corrected chi connectivity index (χ1v) is 7.36. The van der Waals surface area contributed by atoms with Gasteiger partial charge in [0.25, 0.3) is 0 Å². The molecule has 0 aromatic heterocycles. The molecule has 0 amide bonds. The van der Waals surface area contributed by atoms with E-state index >= 15 is 0 Å². The van der Waals surface area contributed by atoms with Crippen LogP contribution in [0.1, 0.15) is 24.8 Å². The van der Waals surface area contributed by atoms with E-state index in [1.54, 1.807) is 12.1 Å². The van der Waals surface area contributed by atoms with Gasteiger partial charge in [0.2, 0.25) is 0 Å². The van der Waals surface area contributed by atoms with Gasteiger partial charge in [-0.3, -0.25) is 0 Å². The summed E-state index contributed by atoms with van der Waals surface area (Å²) >= 11 is 3.11. The van der Waals surface area contributed by atoms with Crippen LogP contribution in [0.2, 0.25) is 0 Å². The Balaban J connectivity index is 1.89. The van der Waals surface area contributed by atoms with E-state index < -0.39 is 5.82 Å². The van der Waals surface area contributed by atoms with Crippen molar-refractivity contribution in [3.63, 3.8) is 0 Å². The van der Waals surface area contributed by atoms with Crippen LogP contribution in [0.3, 0.4) is 0 Å². The molecule has 1 aliphatic rings. The van der Waals surface area contributed by atoms with Crippen molar-refractivity contribution in [1.82, 2.24) is 4.90 Å². The third-order valence-electron chi connectivity index (χ3n) is 3.39. The lowest BCUT2D eigenvalue weighted by Gasteiger charge is -2.26. The summed E-state index contributed by atoms with van der Waals surface area (Å²) in [6.07, 6.45) is 3.84. The third kappa shape index (κ3) is 3.68. The minimum absolute atomic E-state index is 0.234. The van der Waals surface area contributed by atoms with Crippen molar-refractivity contribution >= 4 is 21.6 Å². The summed E-state index contributed by atoms with van der Waals surface area (Å²) in [6.45, 7) is 3.93. The molecule has 1 aromatic rings. The highest BCUT2D eigenvalue weighted by Gasteiger charge is 2.12. The topological polar surface area (TPSA) is 39.1 Å². The first kappa shape index (κ1) is 14.3. The first-order valence-electron chi connectivity index (χ1n) is 6.56. The van der Waals surface area contributed by atoms with E-state index in [4.69, 9.17) is 5.26 Å². The molecule has 0 radical (unpaired) electrons. The lowest BCUT2D eigenvalue weighted by molar-refractivity contribution is 0.237. The van der Waals surface area contributed by atoms with Crippen molar-refractivity contribution in [2.75, 3.05) is 31.5 Å². The maximum atomic E-state index is 13.9. The van der Waals surface area contributed by atoms with Gasteiger partial charge < -0.3 is 10.2 Å². The monoisotopic (exact) mass is 325 g/mol. The number of likely N-dealkylation sites (tertiary alicyclic amines) is 1. The van der Waals surface area contributed by atoms with Crippen LogP contribution in [0.4, 0.5) is 10.1 Å². The number of rotatable bonds is 4. The molecule has 0 unspecified atom stereocenters. The van der Waals surface area contributed by atoms with Crippen molar-refractivity contribution in [3.8, 4) is 6.07 Å². The van der Waals surface area contributed by atoms with Gasteiger partial charge in [0, 0.05) is 13.1 Å². The lowest BCUT2D eigenvalue weighted by atomic mass is 10.1. The number of piperidine rings is 1. The molecule has 0 saturated carbocycles. The SMILES string of the molecule is N#Cc1ccc(NCCN2CCCCC2)c(F)c1Br. The van der Waals surface area contributed by atoms with Crippen LogP contribution < -0.4 is 5.32 Å². The van der Waals surface area contributed by atoms with Gasteiger partial charge in [0.1, 0.15) is 6.07 Å². The fourth-order valence-electron chi connectivity index (χ4n) is 2.30. The maximum Gasteiger partial charge on any atom is 0.161 e. The van der Waals surface area contributed by atoms with Crippen LogP contribution >= 0.6 is 15.9 Å². The Kier molecular flexibility index (Phi) is 5.17. The van der Waals surface area contributed by atoms with E-state index in [0.29, 0.717) is 11.3 Å². The molecular weight excluding hydrogens is 309 g/mol. The minimum atomic E-state index is -0.391. The van der Waals surface area contributed by atoms with Gasteiger partial charge in [-0.1, -0.05) is 6.42 Å². The Hall–Kier alpha value is -1.12. The average molecular weight is 326 g/mol. The van der Waals surface area contributed by atoms with Crippen molar-refractivity contribution < 1.29 is 4.39 Å². The molecule has 1 aliphatic heterocycles. The van der Waals surface area contributed by atoms with Gasteiger partial charge in [0.15, 0.2) is 5.82 Å². The van der Waals surface area contributed by atoms with E-state index in [0.717, 1.165) is 26.2 Å². The predicted molar refractivity (Wildman–Crippen MR) is 77.6 cm³/mol. The fourth-order valence-corrected chi connectivity index (χ4v) is 2.74. The smallest absolute Gasteiger partial charge is 0.161 e. The molecule has 0 bridgehead atoms. The lowest BCUT2D eigenvalue weighted by Crippen LogP contribution is -2.33. The van der Waals surface area contributed by atoms with E-state index in [9.17, 15) is 4.39 Å². The highest BCUT2D eigenvalue weighted by Crippen LogP contribution is 2.26. The molecule has 0 atom stereocenters. The van der Waals surface area contributed by atoms with Crippen LogP contribution in [0, 0.1) is 17.1 Å². The molecule has 2 rings (SSSR count). The number of benzene rings is 1. The molecule has 5 heteroatoms. The number of halogens is 2. The van der Waals surface area contributed by atoms with E-state index in [1.807, 2.05) is 6.07 Å². The van der Waals surface area contributed by atoms with Crippen LogP contribution in [-0.2, 0) is 0 Å². The zero-order valence-electron chi connectivity index (χ0n) is 10.8. The molecule has 1 fully saturated rings. The molecule has 19 heavy (non-hydrogen) atoms. The van der Waals surface area contributed by atoms with Crippen molar-refractivity contribution in [2.45, 2.75) is 19.3 Å². The predicted octanol–water partition coefficient (Wildman–Crippen LogP) is 3.36. The molecular formula is C14H17BrFN3. The summed E-state index contributed by atoms with van der Waals surface area (Å²) in [5, 5.41) is 11.9. The van der Waals surface area contributed by atoms with Gasteiger partial charge in [-0.25, -0.2) is 4.39 Å². The molecule has 3 nitrogen and oxygen atoms in total. The maximum absolute atomic E-state index is 13.9. The minimum Gasteiger partial charge on any atom is -0.381 e. The van der Waals surface area contributed by atoms with Gasteiger partial charge in [0.05, 0.1) is 15.7 Å². The van der Waals surface area contributed by atoms with Crippen molar-refractivity contribution in [3.05, 3.63) is 28.0 Å². The normalized spacial score (nSPS) is 16.1. The number of nitriles is 1. The second-order valence-electron chi connectivity index (χ2n) is 4.73.